The summed E-state index contributed by atoms with van der Waals surface area (Å²) < 4.78 is 5.01. The molecule has 2 aromatic heterocycles. The normalized spacial score (nSPS) is 10.8. The largest absolute Gasteiger partial charge is 0.497 e. The summed E-state index contributed by atoms with van der Waals surface area (Å²) in [5.74, 6) is 0.434. The molecular weight excluding hydrogens is 394 g/mol. The molecule has 140 valence electrons. The van der Waals surface area contributed by atoms with E-state index < -0.39 is 0 Å². The van der Waals surface area contributed by atoms with Gasteiger partial charge in [-0.1, -0.05) is 53.0 Å². The predicted octanol–water partition coefficient (Wildman–Crippen LogP) is 3.96. The van der Waals surface area contributed by atoms with E-state index in [9.17, 15) is 9.59 Å². The maximum Gasteiger partial charge on any atom is 0.267 e. The van der Waals surface area contributed by atoms with Crippen LogP contribution in [0.25, 0.3) is 10.8 Å². The molecule has 28 heavy (non-hydrogen) atoms. The van der Waals surface area contributed by atoms with Gasteiger partial charge < -0.3 is 4.74 Å². The summed E-state index contributed by atoms with van der Waals surface area (Å²) in [6.07, 6.45) is 0.612. The Morgan fingerprint density at radius 2 is 1.86 bits per heavy atom. The van der Waals surface area contributed by atoms with Gasteiger partial charge in [-0.05, 0) is 35.2 Å². The smallest absolute Gasteiger partial charge is 0.267 e. The number of carbonyl (C=O) groups is 1. The molecule has 8 heteroatoms. The van der Waals surface area contributed by atoms with Gasteiger partial charge in [0.15, 0.2) is 0 Å². The Kier molecular flexibility index (Phi) is 5.14. The highest BCUT2D eigenvalue weighted by molar-refractivity contribution is 7.15. The van der Waals surface area contributed by atoms with E-state index in [1.807, 2.05) is 42.5 Å². The third-order valence-electron chi connectivity index (χ3n) is 4.10. The standard InChI is InChI=1S/C20H15N3O3S2/c1-26-14-8-6-12(7-9-14)10-17-22-23-20(28-17)21-18(24)16-11-13-4-2-3-5-15(13)19(25)27-16/h2-9,11H,10H2,1H3,(H,21,23,24). The van der Waals surface area contributed by atoms with Crippen molar-refractivity contribution in [3.63, 3.8) is 0 Å². The Bertz CT molecular complexity index is 1200. The fraction of sp³-hybridized carbons (Fsp3) is 0.100. The minimum Gasteiger partial charge on any atom is -0.497 e. The summed E-state index contributed by atoms with van der Waals surface area (Å²) in [5, 5.41) is 13.4. The molecule has 0 spiro atoms. The van der Waals surface area contributed by atoms with E-state index in [-0.39, 0.29) is 10.6 Å². The van der Waals surface area contributed by atoms with Crippen molar-refractivity contribution >= 4 is 44.5 Å². The van der Waals surface area contributed by atoms with Gasteiger partial charge in [0, 0.05) is 11.8 Å². The second-order valence-electron chi connectivity index (χ2n) is 5.97. The lowest BCUT2D eigenvalue weighted by Crippen LogP contribution is -2.12. The number of hydrogen-bond acceptors (Lipinski definition) is 7. The Morgan fingerprint density at radius 1 is 1.07 bits per heavy atom. The number of rotatable bonds is 5. The van der Waals surface area contributed by atoms with Crippen LogP contribution >= 0.6 is 22.7 Å². The molecular formula is C20H15N3O3S2. The average molecular weight is 409 g/mol. The third-order valence-corrected chi connectivity index (χ3v) is 5.86. The zero-order valence-corrected chi connectivity index (χ0v) is 16.5. The molecule has 0 saturated heterocycles. The van der Waals surface area contributed by atoms with E-state index in [1.165, 1.54) is 11.3 Å². The molecule has 0 aliphatic carbocycles. The maximum absolute atomic E-state index is 12.5. The fourth-order valence-electron chi connectivity index (χ4n) is 2.70. The highest BCUT2D eigenvalue weighted by Gasteiger charge is 2.13. The second-order valence-corrected chi connectivity index (χ2v) is 8.04. The second kappa shape index (κ2) is 7.87. The molecule has 2 heterocycles. The van der Waals surface area contributed by atoms with E-state index in [1.54, 1.807) is 19.2 Å². The van der Waals surface area contributed by atoms with Crippen LogP contribution in [0, 0.1) is 0 Å². The molecule has 0 unspecified atom stereocenters. The molecule has 0 bridgehead atoms. The van der Waals surface area contributed by atoms with Crippen LogP contribution < -0.4 is 14.8 Å². The van der Waals surface area contributed by atoms with Gasteiger partial charge >= 0.3 is 0 Å². The molecule has 0 aliphatic heterocycles. The van der Waals surface area contributed by atoms with E-state index in [0.29, 0.717) is 21.8 Å². The molecule has 0 saturated carbocycles. The summed E-state index contributed by atoms with van der Waals surface area (Å²) in [4.78, 5) is 25.1. The summed E-state index contributed by atoms with van der Waals surface area (Å²) in [7, 11) is 1.63. The zero-order chi connectivity index (χ0) is 19.5. The molecule has 4 aromatic rings. The van der Waals surface area contributed by atoms with Crippen molar-refractivity contribution in [1.82, 2.24) is 10.2 Å². The number of aromatic nitrogens is 2. The minimum absolute atomic E-state index is 0.138. The molecule has 2 aromatic carbocycles. The van der Waals surface area contributed by atoms with Crippen LogP contribution in [-0.2, 0) is 6.42 Å². The first-order chi connectivity index (χ1) is 13.6. The van der Waals surface area contributed by atoms with Crippen molar-refractivity contribution in [2.45, 2.75) is 6.42 Å². The van der Waals surface area contributed by atoms with Crippen LogP contribution in [0.15, 0.2) is 59.4 Å². The van der Waals surface area contributed by atoms with Gasteiger partial charge in [-0.2, -0.15) is 0 Å². The molecule has 0 aliphatic rings. The number of nitrogens with one attached hydrogen (secondary N) is 1. The van der Waals surface area contributed by atoms with Crippen molar-refractivity contribution in [1.29, 1.82) is 0 Å². The third kappa shape index (κ3) is 3.92. The highest BCUT2D eigenvalue weighted by Crippen LogP contribution is 2.22. The lowest BCUT2D eigenvalue weighted by atomic mass is 10.1. The number of amides is 1. The van der Waals surface area contributed by atoms with Crippen LogP contribution in [0.3, 0.4) is 0 Å². The first-order valence-electron chi connectivity index (χ1n) is 8.42. The van der Waals surface area contributed by atoms with Crippen molar-refractivity contribution in [2.24, 2.45) is 0 Å². The molecule has 0 atom stereocenters. The predicted molar refractivity (Wildman–Crippen MR) is 112 cm³/mol. The van der Waals surface area contributed by atoms with Gasteiger partial charge in [-0.3, -0.25) is 14.9 Å². The van der Waals surface area contributed by atoms with E-state index in [4.69, 9.17) is 4.74 Å². The minimum atomic E-state index is -0.361. The summed E-state index contributed by atoms with van der Waals surface area (Å²) in [6.45, 7) is 0. The Labute approximate surface area is 168 Å². The van der Waals surface area contributed by atoms with Gasteiger partial charge in [-0.25, -0.2) is 0 Å². The average Bonchev–Trinajstić information content (AvgIpc) is 3.15. The Hall–Kier alpha value is -3.10. The highest BCUT2D eigenvalue weighted by atomic mass is 32.1. The lowest BCUT2D eigenvalue weighted by Gasteiger charge is -2.02. The first kappa shape index (κ1) is 18.3. The van der Waals surface area contributed by atoms with Crippen LogP contribution in [-0.4, -0.2) is 23.2 Å². The number of anilines is 1. The molecule has 0 radical (unpaired) electrons. The lowest BCUT2D eigenvalue weighted by molar-refractivity contribution is 0.103. The van der Waals surface area contributed by atoms with Crippen molar-refractivity contribution in [3.05, 3.63) is 79.6 Å². The number of ether oxygens (including phenoxy) is 1. The van der Waals surface area contributed by atoms with Gasteiger partial charge in [0.05, 0.1) is 12.0 Å². The van der Waals surface area contributed by atoms with Crippen LogP contribution in [0.5, 0.6) is 5.75 Å². The topological polar surface area (TPSA) is 81.2 Å². The number of carbonyl (C=O) groups excluding carboxylic acids is 1. The van der Waals surface area contributed by atoms with Gasteiger partial charge in [0.2, 0.25) is 9.87 Å². The Balaban J connectivity index is 1.49. The molecule has 1 N–H and O–H groups in total. The number of hydrogen-bond donors (Lipinski definition) is 1. The number of fused-ring (bicyclic) bond motifs is 1. The Morgan fingerprint density at radius 3 is 2.64 bits per heavy atom. The van der Waals surface area contributed by atoms with Crippen molar-refractivity contribution in [3.8, 4) is 5.75 Å². The monoisotopic (exact) mass is 409 g/mol. The van der Waals surface area contributed by atoms with Crippen LogP contribution in [0.1, 0.15) is 20.2 Å². The van der Waals surface area contributed by atoms with E-state index in [0.717, 1.165) is 33.0 Å². The number of methoxy groups -OCH3 is 1. The van der Waals surface area contributed by atoms with Crippen molar-refractivity contribution in [2.75, 3.05) is 12.4 Å². The molecule has 1 amide bonds. The molecule has 0 fully saturated rings. The van der Waals surface area contributed by atoms with E-state index >= 15 is 0 Å². The number of nitrogens with zero attached hydrogens (tertiary/aromatic N) is 2. The first-order valence-corrected chi connectivity index (χ1v) is 10.1. The summed E-state index contributed by atoms with van der Waals surface area (Å²) in [5.41, 5.74) is 1.07. The quantitative estimate of drug-likeness (QED) is 0.539. The summed E-state index contributed by atoms with van der Waals surface area (Å²) >= 11 is 2.23. The van der Waals surface area contributed by atoms with Crippen LogP contribution in [0.2, 0.25) is 0 Å². The van der Waals surface area contributed by atoms with Crippen molar-refractivity contribution < 1.29 is 9.53 Å². The van der Waals surface area contributed by atoms with Gasteiger partial charge in [-0.15, -0.1) is 10.2 Å². The zero-order valence-electron chi connectivity index (χ0n) is 14.8. The molecule has 6 nitrogen and oxygen atoms in total. The maximum atomic E-state index is 12.5. The summed E-state index contributed by atoms with van der Waals surface area (Å²) in [6, 6.07) is 16.6. The van der Waals surface area contributed by atoms with Gasteiger partial charge in [0.25, 0.3) is 5.91 Å². The SMILES string of the molecule is COc1ccc(Cc2nnc(NC(=O)c3cc4ccccc4c(=O)s3)s2)cc1. The van der Waals surface area contributed by atoms with Crippen LogP contribution in [0.4, 0.5) is 5.13 Å². The van der Waals surface area contributed by atoms with Gasteiger partial charge in [0.1, 0.15) is 10.8 Å². The number of benzene rings is 2. The fourth-order valence-corrected chi connectivity index (χ4v) is 4.29. The van der Waals surface area contributed by atoms with E-state index in [2.05, 4.69) is 15.5 Å². The molecule has 4 rings (SSSR count).